The molecule has 4 nitrogen and oxygen atoms in total. The van der Waals surface area contributed by atoms with E-state index in [1.807, 2.05) is 14.1 Å². The molecule has 18 heavy (non-hydrogen) atoms. The number of aromatic nitrogens is 2. The van der Waals surface area contributed by atoms with Gasteiger partial charge in [0.1, 0.15) is 29.6 Å². The molecule has 1 aromatic heterocycles. The molecule has 2 rings (SSSR count). The molecule has 0 spiro atoms. The van der Waals surface area contributed by atoms with E-state index in [2.05, 4.69) is 15.3 Å². The fourth-order valence-corrected chi connectivity index (χ4v) is 1.39. The number of rotatable bonds is 3. The van der Waals surface area contributed by atoms with Crippen LogP contribution in [0.15, 0.2) is 30.6 Å². The Bertz CT molecular complexity index is 558. The van der Waals surface area contributed by atoms with Gasteiger partial charge in [-0.25, -0.2) is 18.7 Å². The van der Waals surface area contributed by atoms with Crippen LogP contribution in [0.3, 0.4) is 0 Å². The van der Waals surface area contributed by atoms with Crippen molar-refractivity contribution in [3.05, 3.63) is 42.2 Å². The average molecular weight is 250 g/mol. The highest BCUT2D eigenvalue weighted by Gasteiger charge is 2.06. The summed E-state index contributed by atoms with van der Waals surface area (Å²) in [4.78, 5) is 9.81. The summed E-state index contributed by atoms with van der Waals surface area (Å²) in [6, 6.07) is 4.99. The van der Waals surface area contributed by atoms with E-state index >= 15 is 0 Å². The third-order valence-electron chi connectivity index (χ3n) is 2.30. The summed E-state index contributed by atoms with van der Waals surface area (Å²) < 4.78 is 26.2. The summed E-state index contributed by atoms with van der Waals surface area (Å²) in [6.07, 6.45) is 1.37. The first-order valence-electron chi connectivity index (χ1n) is 5.27. The topological polar surface area (TPSA) is 41.0 Å². The number of nitrogens with zero attached hydrogens (tertiary/aromatic N) is 3. The third-order valence-corrected chi connectivity index (χ3v) is 2.30. The molecule has 94 valence electrons. The van der Waals surface area contributed by atoms with E-state index in [9.17, 15) is 8.78 Å². The van der Waals surface area contributed by atoms with Crippen LogP contribution >= 0.6 is 0 Å². The standard InChI is InChI=1S/C12H12F2N4/c1-18(2)12-6-11(15-7-16-12)17-10-4-3-8(13)5-9(10)14/h3-7H,1-2H3,(H,15,16,17). The van der Waals surface area contributed by atoms with E-state index in [4.69, 9.17) is 0 Å². The third kappa shape index (κ3) is 2.71. The molecule has 0 aliphatic rings. The molecule has 0 saturated carbocycles. The molecule has 1 aromatic carbocycles. The van der Waals surface area contributed by atoms with Gasteiger partial charge in [0.05, 0.1) is 5.69 Å². The second-order valence-corrected chi connectivity index (χ2v) is 3.91. The van der Waals surface area contributed by atoms with Crippen molar-refractivity contribution < 1.29 is 8.78 Å². The quantitative estimate of drug-likeness (QED) is 0.909. The highest BCUT2D eigenvalue weighted by molar-refractivity contribution is 5.59. The molecule has 0 radical (unpaired) electrons. The largest absolute Gasteiger partial charge is 0.363 e. The Balaban J connectivity index is 2.25. The monoisotopic (exact) mass is 250 g/mol. The van der Waals surface area contributed by atoms with Crippen LogP contribution < -0.4 is 10.2 Å². The maximum Gasteiger partial charge on any atom is 0.149 e. The predicted octanol–water partition coefficient (Wildman–Crippen LogP) is 2.56. The molecule has 6 heteroatoms. The Kier molecular flexibility index (Phi) is 3.36. The van der Waals surface area contributed by atoms with Gasteiger partial charge in [0, 0.05) is 26.2 Å². The zero-order valence-electron chi connectivity index (χ0n) is 9.98. The average Bonchev–Trinajstić information content (AvgIpc) is 2.33. The molecule has 0 unspecified atom stereocenters. The minimum atomic E-state index is -0.667. The van der Waals surface area contributed by atoms with Crippen molar-refractivity contribution in [1.29, 1.82) is 0 Å². The summed E-state index contributed by atoms with van der Waals surface area (Å²) in [5.74, 6) is -0.149. The molecule has 0 atom stereocenters. The Hall–Kier alpha value is -2.24. The molecular formula is C12H12F2N4. The lowest BCUT2D eigenvalue weighted by Gasteiger charge is -2.12. The Morgan fingerprint density at radius 1 is 1.11 bits per heavy atom. The van der Waals surface area contributed by atoms with Gasteiger partial charge in [0.2, 0.25) is 0 Å². The lowest BCUT2D eigenvalue weighted by Crippen LogP contribution is -2.11. The number of hydrogen-bond acceptors (Lipinski definition) is 4. The summed E-state index contributed by atoms with van der Waals surface area (Å²) in [5, 5.41) is 2.78. The smallest absolute Gasteiger partial charge is 0.149 e. The van der Waals surface area contributed by atoms with Crippen LogP contribution in [-0.4, -0.2) is 24.1 Å². The van der Waals surface area contributed by atoms with E-state index in [0.29, 0.717) is 11.6 Å². The van der Waals surface area contributed by atoms with Gasteiger partial charge in [-0.1, -0.05) is 0 Å². The molecular weight excluding hydrogens is 238 g/mol. The van der Waals surface area contributed by atoms with Crippen LogP contribution in [0, 0.1) is 11.6 Å². The zero-order chi connectivity index (χ0) is 13.1. The molecule has 0 amide bonds. The van der Waals surface area contributed by atoms with E-state index in [1.54, 1.807) is 11.0 Å². The van der Waals surface area contributed by atoms with Gasteiger partial charge < -0.3 is 10.2 Å². The Morgan fingerprint density at radius 2 is 1.89 bits per heavy atom. The summed E-state index contributed by atoms with van der Waals surface area (Å²) in [7, 11) is 3.68. The number of halogens is 2. The number of hydrogen-bond donors (Lipinski definition) is 1. The van der Waals surface area contributed by atoms with Crippen LogP contribution in [0.2, 0.25) is 0 Å². The molecule has 1 N–H and O–H groups in total. The van der Waals surface area contributed by atoms with Crippen molar-refractivity contribution in [2.45, 2.75) is 0 Å². The summed E-state index contributed by atoms with van der Waals surface area (Å²) >= 11 is 0. The van der Waals surface area contributed by atoms with Gasteiger partial charge in [-0.2, -0.15) is 0 Å². The Morgan fingerprint density at radius 3 is 2.56 bits per heavy atom. The second-order valence-electron chi connectivity index (χ2n) is 3.91. The maximum absolute atomic E-state index is 13.4. The fourth-order valence-electron chi connectivity index (χ4n) is 1.39. The van der Waals surface area contributed by atoms with Gasteiger partial charge in [-0.15, -0.1) is 0 Å². The molecule has 0 aliphatic carbocycles. The first kappa shape index (κ1) is 12.2. The van der Waals surface area contributed by atoms with Crippen LogP contribution in [-0.2, 0) is 0 Å². The number of benzene rings is 1. The van der Waals surface area contributed by atoms with Crippen LogP contribution in [0.1, 0.15) is 0 Å². The molecule has 0 bridgehead atoms. The number of nitrogens with one attached hydrogen (secondary N) is 1. The molecule has 0 fully saturated rings. The molecule has 0 aliphatic heterocycles. The van der Waals surface area contributed by atoms with Crippen molar-refractivity contribution in [2.24, 2.45) is 0 Å². The van der Waals surface area contributed by atoms with Gasteiger partial charge in [-0.3, -0.25) is 0 Å². The van der Waals surface area contributed by atoms with Crippen LogP contribution in [0.5, 0.6) is 0 Å². The SMILES string of the molecule is CN(C)c1cc(Nc2ccc(F)cc2F)ncn1. The summed E-state index contributed by atoms with van der Waals surface area (Å²) in [5.41, 5.74) is 0.166. The maximum atomic E-state index is 13.4. The van der Waals surface area contributed by atoms with Crippen LogP contribution in [0.4, 0.5) is 26.1 Å². The molecule has 2 aromatic rings. The second kappa shape index (κ2) is 4.95. The van der Waals surface area contributed by atoms with Gasteiger partial charge in [-0.05, 0) is 12.1 Å². The Labute approximate surface area is 103 Å². The fraction of sp³-hybridized carbons (Fsp3) is 0.167. The van der Waals surface area contributed by atoms with Crippen molar-refractivity contribution in [3.8, 4) is 0 Å². The van der Waals surface area contributed by atoms with Gasteiger partial charge >= 0.3 is 0 Å². The highest BCUT2D eigenvalue weighted by atomic mass is 19.1. The number of anilines is 3. The van der Waals surface area contributed by atoms with Gasteiger partial charge in [0.15, 0.2) is 0 Å². The minimum Gasteiger partial charge on any atom is -0.363 e. The first-order chi connectivity index (χ1) is 8.56. The zero-order valence-corrected chi connectivity index (χ0v) is 9.98. The minimum absolute atomic E-state index is 0.166. The van der Waals surface area contributed by atoms with E-state index in [1.165, 1.54) is 18.5 Å². The van der Waals surface area contributed by atoms with Crippen molar-refractivity contribution in [3.63, 3.8) is 0 Å². The molecule has 0 saturated heterocycles. The van der Waals surface area contributed by atoms with Crippen LogP contribution in [0.25, 0.3) is 0 Å². The predicted molar refractivity (Wildman–Crippen MR) is 66.0 cm³/mol. The van der Waals surface area contributed by atoms with Crippen molar-refractivity contribution >= 4 is 17.3 Å². The molecule has 1 heterocycles. The van der Waals surface area contributed by atoms with Crippen molar-refractivity contribution in [2.75, 3.05) is 24.3 Å². The lowest BCUT2D eigenvalue weighted by molar-refractivity contribution is 0.586. The normalized spacial score (nSPS) is 10.2. The van der Waals surface area contributed by atoms with Crippen molar-refractivity contribution in [1.82, 2.24) is 9.97 Å². The summed E-state index contributed by atoms with van der Waals surface area (Å²) in [6.45, 7) is 0. The van der Waals surface area contributed by atoms with E-state index in [-0.39, 0.29) is 5.69 Å². The first-order valence-corrected chi connectivity index (χ1v) is 5.27. The lowest BCUT2D eigenvalue weighted by atomic mass is 10.3. The van der Waals surface area contributed by atoms with Gasteiger partial charge in [0.25, 0.3) is 0 Å². The van der Waals surface area contributed by atoms with E-state index < -0.39 is 11.6 Å². The van der Waals surface area contributed by atoms with E-state index in [0.717, 1.165) is 6.07 Å². The highest BCUT2D eigenvalue weighted by Crippen LogP contribution is 2.20.